The van der Waals surface area contributed by atoms with Crippen LogP contribution >= 0.6 is 0 Å². The summed E-state index contributed by atoms with van der Waals surface area (Å²) in [6.45, 7) is 7.71. The molecule has 1 heterocycles. The number of nitrogens with zero attached hydrogens (tertiary/aromatic N) is 2. The largest absolute Gasteiger partial charge is 0.494 e. The van der Waals surface area contributed by atoms with Crippen LogP contribution in [-0.4, -0.2) is 55.3 Å². The lowest BCUT2D eigenvalue weighted by Gasteiger charge is -2.33. The topological polar surface area (TPSA) is 69.1 Å². The zero-order valence-electron chi connectivity index (χ0n) is 19.3. The van der Waals surface area contributed by atoms with Crippen LogP contribution in [-0.2, 0) is 6.54 Å². The molecule has 2 aromatic rings. The number of benzene rings is 2. The summed E-state index contributed by atoms with van der Waals surface area (Å²) in [4.78, 5) is 6.93. The molecule has 1 aliphatic heterocycles. The molecule has 1 fully saturated rings. The lowest BCUT2D eigenvalue weighted by Crippen LogP contribution is -2.48. The summed E-state index contributed by atoms with van der Waals surface area (Å²) in [5.41, 5.74) is 3.00. The maximum Gasteiger partial charge on any atom is 0.191 e. The van der Waals surface area contributed by atoms with Crippen molar-refractivity contribution in [2.45, 2.75) is 45.4 Å². The second kappa shape index (κ2) is 11.8. The molecule has 3 rings (SSSR count). The van der Waals surface area contributed by atoms with Crippen molar-refractivity contribution < 1.29 is 14.2 Å². The maximum absolute atomic E-state index is 13.9. The number of hydrogen-bond donors (Lipinski definition) is 3. The summed E-state index contributed by atoms with van der Waals surface area (Å²) in [5, 5.41) is 17.2. The average Bonchev–Trinajstić information content (AvgIpc) is 2.79. The lowest BCUT2D eigenvalue weighted by molar-refractivity contribution is 0.186. The molecule has 0 spiro atoms. The van der Waals surface area contributed by atoms with E-state index in [4.69, 9.17) is 4.74 Å². The van der Waals surface area contributed by atoms with E-state index < -0.39 is 6.10 Å². The molecule has 6 nitrogen and oxygen atoms in total. The van der Waals surface area contributed by atoms with Gasteiger partial charge >= 0.3 is 0 Å². The van der Waals surface area contributed by atoms with Crippen LogP contribution in [0.5, 0.6) is 5.75 Å². The Kier molecular flexibility index (Phi) is 8.88. The van der Waals surface area contributed by atoms with Crippen molar-refractivity contribution in [3.05, 3.63) is 65.0 Å². The van der Waals surface area contributed by atoms with Gasteiger partial charge in [0.25, 0.3) is 0 Å². The Hall–Kier alpha value is -2.64. The molecule has 0 aliphatic carbocycles. The number of rotatable bonds is 8. The van der Waals surface area contributed by atoms with Crippen molar-refractivity contribution in [3.63, 3.8) is 0 Å². The first-order valence-electron chi connectivity index (χ1n) is 11.3. The van der Waals surface area contributed by atoms with Gasteiger partial charge in [0.2, 0.25) is 0 Å². The predicted molar refractivity (Wildman–Crippen MR) is 127 cm³/mol. The van der Waals surface area contributed by atoms with Gasteiger partial charge in [0.1, 0.15) is 0 Å². The third-order valence-electron chi connectivity index (χ3n) is 5.78. The van der Waals surface area contributed by atoms with Gasteiger partial charge in [-0.3, -0.25) is 9.89 Å². The maximum atomic E-state index is 13.9. The summed E-state index contributed by atoms with van der Waals surface area (Å²) in [6, 6.07) is 13.4. The number of likely N-dealkylation sites (tertiary alicyclic amines) is 1. The highest BCUT2D eigenvalue weighted by atomic mass is 19.1. The molecule has 0 aromatic heterocycles. The Bertz CT molecular complexity index is 880. The third kappa shape index (κ3) is 6.93. The van der Waals surface area contributed by atoms with Crippen LogP contribution in [0.1, 0.15) is 42.6 Å². The van der Waals surface area contributed by atoms with Gasteiger partial charge in [-0.2, -0.15) is 0 Å². The standard InChI is InChI=1S/C25H35FN4O2/c1-4-27-25(28-16-23(31)20-8-5-18(2)6-9-20)29-21-11-13-30(14-12-21)17-19-7-10-24(32-3)22(26)15-19/h5-10,15,21,23,31H,4,11-14,16-17H2,1-3H3,(H2,27,28,29). The number of ether oxygens (including phenoxy) is 1. The smallest absolute Gasteiger partial charge is 0.191 e. The van der Waals surface area contributed by atoms with Crippen LogP contribution in [0.2, 0.25) is 0 Å². The van der Waals surface area contributed by atoms with Crippen LogP contribution in [0.15, 0.2) is 47.5 Å². The van der Waals surface area contributed by atoms with Gasteiger partial charge in [0.05, 0.1) is 19.8 Å². The van der Waals surface area contributed by atoms with Gasteiger partial charge in [0.15, 0.2) is 17.5 Å². The Morgan fingerprint density at radius 1 is 1.22 bits per heavy atom. The van der Waals surface area contributed by atoms with Gasteiger partial charge in [0, 0.05) is 32.2 Å². The molecule has 1 atom stereocenters. The number of halogens is 1. The van der Waals surface area contributed by atoms with E-state index >= 15 is 0 Å². The first-order valence-corrected chi connectivity index (χ1v) is 11.3. The minimum absolute atomic E-state index is 0.277. The van der Waals surface area contributed by atoms with E-state index in [0.29, 0.717) is 12.6 Å². The van der Waals surface area contributed by atoms with E-state index in [1.807, 2.05) is 44.2 Å². The molecule has 1 unspecified atom stereocenters. The molecule has 0 amide bonds. The van der Waals surface area contributed by atoms with Gasteiger partial charge in [-0.25, -0.2) is 4.39 Å². The number of aliphatic hydroxyl groups is 1. The number of hydrogen-bond acceptors (Lipinski definition) is 4. The molecular weight excluding hydrogens is 407 g/mol. The zero-order valence-corrected chi connectivity index (χ0v) is 19.3. The molecule has 2 aromatic carbocycles. The van der Waals surface area contributed by atoms with Gasteiger partial charge in [-0.1, -0.05) is 35.9 Å². The van der Waals surface area contributed by atoms with Gasteiger partial charge in [-0.15, -0.1) is 0 Å². The monoisotopic (exact) mass is 442 g/mol. The third-order valence-corrected chi connectivity index (χ3v) is 5.78. The normalized spacial score (nSPS) is 16.6. The van der Waals surface area contributed by atoms with Crippen LogP contribution in [0.3, 0.4) is 0 Å². The fraction of sp³-hybridized carbons (Fsp3) is 0.480. The predicted octanol–water partition coefficient (Wildman–Crippen LogP) is 3.40. The van der Waals surface area contributed by atoms with Crippen molar-refractivity contribution in [2.24, 2.45) is 4.99 Å². The van der Waals surface area contributed by atoms with E-state index in [-0.39, 0.29) is 11.6 Å². The van der Waals surface area contributed by atoms with E-state index in [1.165, 1.54) is 12.7 Å². The molecule has 7 heteroatoms. The number of aliphatic hydroxyl groups excluding tert-OH is 1. The van der Waals surface area contributed by atoms with Crippen molar-refractivity contribution in [2.75, 3.05) is 33.3 Å². The lowest BCUT2D eigenvalue weighted by atomic mass is 10.0. The average molecular weight is 443 g/mol. The second-order valence-electron chi connectivity index (χ2n) is 8.31. The highest BCUT2D eigenvalue weighted by Gasteiger charge is 2.20. The Morgan fingerprint density at radius 3 is 2.56 bits per heavy atom. The molecule has 1 aliphatic rings. The number of aryl methyl sites for hydroxylation is 1. The van der Waals surface area contributed by atoms with E-state index in [1.54, 1.807) is 12.1 Å². The minimum Gasteiger partial charge on any atom is -0.494 e. The number of guanidine groups is 1. The van der Waals surface area contributed by atoms with Crippen molar-refractivity contribution in [1.82, 2.24) is 15.5 Å². The summed E-state index contributed by atoms with van der Waals surface area (Å²) in [7, 11) is 1.48. The summed E-state index contributed by atoms with van der Waals surface area (Å²) < 4.78 is 18.9. The van der Waals surface area contributed by atoms with E-state index in [0.717, 1.165) is 56.1 Å². The highest BCUT2D eigenvalue weighted by molar-refractivity contribution is 5.80. The molecule has 3 N–H and O–H groups in total. The fourth-order valence-electron chi connectivity index (χ4n) is 3.89. The number of aliphatic imine (C=N–C) groups is 1. The number of nitrogens with one attached hydrogen (secondary N) is 2. The van der Waals surface area contributed by atoms with Gasteiger partial charge in [-0.05, 0) is 49.9 Å². The first-order chi connectivity index (χ1) is 15.5. The number of methoxy groups -OCH3 is 1. The van der Waals surface area contributed by atoms with Crippen LogP contribution in [0.4, 0.5) is 4.39 Å². The van der Waals surface area contributed by atoms with Crippen LogP contribution < -0.4 is 15.4 Å². The van der Waals surface area contributed by atoms with Crippen LogP contribution in [0, 0.1) is 12.7 Å². The fourth-order valence-corrected chi connectivity index (χ4v) is 3.89. The van der Waals surface area contributed by atoms with Crippen molar-refractivity contribution in [3.8, 4) is 5.75 Å². The second-order valence-corrected chi connectivity index (χ2v) is 8.31. The molecule has 0 saturated carbocycles. The molecular formula is C25H35FN4O2. The molecule has 32 heavy (non-hydrogen) atoms. The summed E-state index contributed by atoms with van der Waals surface area (Å²) in [5.74, 6) is 0.689. The Morgan fingerprint density at radius 2 is 1.94 bits per heavy atom. The minimum atomic E-state index is -0.627. The first kappa shape index (κ1) is 24.0. The quantitative estimate of drug-likeness (QED) is 0.432. The van der Waals surface area contributed by atoms with E-state index in [2.05, 4.69) is 20.5 Å². The molecule has 174 valence electrons. The summed E-state index contributed by atoms with van der Waals surface area (Å²) in [6.07, 6.45) is 1.32. The van der Waals surface area contributed by atoms with Crippen LogP contribution in [0.25, 0.3) is 0 Å². The number of piperidine rings is 1. The van der Waals surface area contributed by atoms with E-state index in [9.17, 15) is 9.50 Å². The van der Waals surface area contributed by atoms with Crippen molar-refractivity contribution in [1.29, 1.82) is 0 Å². The molecule has 0 bridgehead atoms. The van der Waals surface area contributed by atoms with Crippen molar-refractivity contribution >= 4 is 5.96 Å². The Labute approximate surface area is 190 Å². The molecule has 1 saturated heterocycles. The highest BCUT2D eigenvalue weighted by Crippen LogP contribution is 2.20. The SMILES string of the molecule is CCNC(=NCC(O)c1ccc(C)cc1)NC1CCN(Cc2ccc(OC)c(F)c2)CC1. The zero-order chi connectivity index (χ0) is 22.9. The Balaban J connectivity index is 1.49. The molecule has 0 radical (unpaired) electrons. The summed E-state index contributed by atoms with van der Waals surface area (Å²) >= 11 is 0. The van der Waals surface area contributed by atoms with Gasteiger partial charge < -0.3 is 20.5 Å².